The monoisotopic (exact) mass is 354 g/mol. The molecule has 134 valence electrons. The van der Waals surface area contributed by atoms with Crippen LogP contribution in [0.2, 0.25) is 0 Å². The van der Waals surface area contributed by atoms with Crippen LogP contribution in [-0.2, 0) is 0 Å². The van der Waals surface area contributed by atoms with Gasteiger partial charge in [0, 0.05) is 48.8 Å². The van der Waals surface area contributed by atoms with E-state index < -0.39 is 0 Å². The fourth-order valence-electron chi connectivity index (χ4n) is 3.63. The Kier molecular flexibility index (Phi) is 4.86. The summed E-state index contributed by atoms with van der Waals surface area (Å²) in [5.41, 5.74) is 3.13. The van der Waals surface area contributed by atoms with Crippen LogP contribution in [0, 0.1) is 11.3 Å². The summed E-state index contributed by atoms with van der Waals surface area (Å²) in [6.45, 7) is 3.89. The Labute approximate surface area is 160 Å². The van der Waals surface area contributed by atoms with Gasteiger partial charge < -0.3 is 9.80 Å². The molecule has 0 spiro atoms. The highest BCUT2D eigenvalue weighted by Crippen LogP contribution is 2.35. The van der Waals surface area contributed by atoms with Crippen LogP contribution in [0.5, 0.6) is 0 Å². The van der Waals surface area contributed by atoms with E-state index in [9.17, 15) is 0 Å². The van der Waals surface area contributed by atoms with Gasteiger partial charge in [0.25, 0.3) is 0 Å². The first kappa shape index (κ1) is 17.3. The fourth-order valence-corrected chi connectivity index (χ4v) is 3.63. The maximum absolute atomic E-state index is 9.09. The number of aromatic nitrogens is 1. The van der Waals surface area contributed by atoms with Gasteiger partial charge in [0.15, 0.2) is 0 Å². The molecule has 27 heavy (non-hydrogen) atoms. The largest absolute Gasteiger partial charge is 0.354 e. The molecule has 1 saturated heterocycles. The number of likely N-dealkylation sites (N-methyl/N-ethyl adjacent to an activating group) is 1. The average molecular weight is 354 g/mol. The van der Waals surface area contributed by atoms with Crippen molar-refractivity contribution in [3.63, 3.8) is 0 Å². The van der Waals surface area contributed by atoms with Crippen LogP contribution in [0.4, 0.5) is 5.82 Å². The van der Waals surface area contributed by atoms with Crippen molar-refractivity contribution in [2.45, 2.75) is 0 Å². The number of pyridine rings is 1. The average Bonchev–Trinajstić information content (AvgIpc) is 2.73. The maximum Gasteiger partial charge on any atom is 0.137 e. The number of piperazine rings is 1. The number of nitriles is 1. The quantitative estimate of drug-likeness (QED) is 0.662. The van der Waals surface area contributed by atoms with Gasteiger partial charge in [-0.05, 0) is 18.5 Å². The summed E-state index contributed by atoms with van der Waals surface area (Å²) in [6, 6.07) is 20.8. The molecule has 2 heterocycles. The molecule has 0 unspecified atom stereocenters. The fraction of sp³-hybridized carbons (Fsp3) is 0.217. The lowest BCUT2D eigenvalue weighted by Gasteiger charge is -2.34. The molecule has 1 aliphatic rings. The van der Waals surface area contributed by atoms with Gasteiger partial charge in [0.1, 0.15) is 5.82 Å². The SMILES string of the molecule is CN1CCN(c2nc(-c3ccccc3)c3ccccc3c2C=CC#N)CC1. The van der Waals surface area contributed by atoms with E-state index in [0.29, 0.717) is 0 Å². The Morgan fingerprint density at radius 2 is 1.59 bits per heavy atom. The zero-order valence-corrected chi connectivity index (χ0v) is 15.5. The summed E-state index contributed by atoms with van der Waals surface area (Å²) in [5, 5.41) is 11.3. The van der Waals surface area contributed by atoms with E-state index in [1.165, 1.54) is 0 Å². The van der Waals surface area contributed by atoms with Crippen molar-refractivity contribution in [1.82, 2.24) is 9.88 Å². The first-order valence-corrected chi connectivity index (χ1v) is 9.26. The molecule has 1 aromatic heterocycles. The molecule has 0 radical (unpaired) electrons. The van der Waals surface area contributed by atoms with Crippen molar-refractivity contribution < 1.29 is 0 Å². The molecule has 0 atom stereocenters. The molecular formula is C23H22N4. The predicted molar refractivity (Wildman–Crippen MR) is 112 cm³/mol. The van der Waals surface area contributed by atoms with E-state index in [2.05, 4.69) is 53.2 Å². The number of fused-ring (bicyclic) bond motifs is 1. The van der Waals surface area contributed by atoms with Crippen LogP contribution in [-0.4, -0.2) is 43.1 Å². The summed E-state index contributed by atoms with van der Waals surface area (Å²) >= 11 is 0. The van der Waals surface area contributed by atoms with E-state index in [4.69, 9.17) is 10.2 Å². The summed E-state index contributed by atoms with van der Waals surface area (Å²) < 4.78 is 0. The third-order valence-corrected chi connectivity index (χ3v) is 5.11. The minimum atomic E-state index is 0.934. The van der Waals surface area contributed by atoms with E-state index in [1.807, 2.05) is 30.3 Å². The Morgan fingerprint density at radius 3 is 2.30 bits per heavy atom. The molecular weight excluding hydrogens is 332 g/mol. The Balaban J connectivity index is 1.97. The van der Waals surface area contributed by atoms with Gasteiger partial charge in [-0.25, -0.2) is 4.98 Å². The maximum atomic E-state index is 9.09. The first-order valence-electron chi connectivity index (χ1n) is 9.26. The molecule has 1 fully saturated rings. The lowest BCUT2D eigenvalue weighted by atomic mass is 9.99. The smallest absolute Gasteiger partial charge is 0.137 e. The number of rotatable bonds is 3. The van der Waals surface area contributed by atoms with Gasteiger partial charge in [0.05, 0.1) is 11.8 Å². The van der Waals surface area contributed by atoms with E-state index in [-0.39, 0.29) is 0 Å². The Bertz CT molecular complexity index is 1010. The number of anilines is 1. The number of hydrogen-bond donors (Lipinski definition) is 0. The number of benzene rings is 2. The predicted octanol–water partition coefficient (Wildman–Crippen LogP) is 4.19. The van der Waals surface area contributed by atoms with Crippen molar-refractivity contribution in [1.29, 1.82) is 5.26 Å². The molecule has 0 bridgehead atoms. The lowest BCUT2D eigenvalue weighted by Crippen LogP contribution is -2.45. The highest BCUT2D eigenvalue weighted by molar-refractivity contribution is 6.02. The molecule has 3 aromatic rings. The highest BCUT2D eigenvalue weighted by Gasteiger charge is 2.21. The second-order valence-electron chi connectivity index (χ2n) is 6.86. The normalized spacial score (nSPS) is 15.3. The number of allylic oxidation sites excluding steroid dienone is 1. The summed E-state index contributed by atoms with van der Waals surface area (Å²) in [7, 11) is 2.15. The molecule has 4 rings (SSSR count). The molecule has 1 aliphatic heterocycles. The molecule has 4 nitrogen and oxygen atoms in total. The number of nitrogens with zero attached hydrogens (tertiary/aromatic N) is 4. The molecule has 0 N–H and O–H groups in total. The molecule has 0 aliphatic carbocycles. The van der Waals surface area contributed by atoms with E-state index in [1.54, 1.807) is 6.08 Å². The van der Waals surface area contributed by atoms with Gasteiger partial charge in [-0.2, -0.15) is 5.26 Å². The Hall–Kier alpha value is -3.16. The second kappa shape index (κ2) is 7.61. The minimum Gasteiger partial charge on any atom is -0.354 e. The summed E-state index contributed by atoms with van der Waals surface area (Å²) in [5.74, 6) is 0.965. The van der Waals surface area contributed by atoms with Crippen molar-refractivity contribution in [2.75, 3.05) is 38.1 Å². The molecule has 4 heteroatoms. The topological polar surface area (TPSA) is 43.2 Å². The molecule has 0 saturated carbocycles. The highest BCUT2D eigenvalue weighted by atomic mass is 15.3. The Morgan fingerprint density at radius 1 is 0.926 bits per heavy atom. The first-order chi connectivity index (χ1) is 13.3. The van der Waals surface area contributed by atoms with Gasteiger partial charge in [-0.1, -0.05) is 54.6 Å². The minimum absolute atomic E-state index is 0.934. The zero-order valence-electron chi connectivity index (χ0n) is 15.5. The van der Waals surface area contributed by atoms with Crippen molar-refractivity contribution in [2.24, 2.45) is 0 Å². The van der Waals surface area contributed by atoms with Crippen LogP contribution in [0.3, 0.4) is 0 Å². The molecule has 0 amide bonds. The summed E-state index contributed by atoms with van der Waals surface area (Å²) in [4.78, 5) is 9.80. The van der Waals surface area contributed by atoms with Gasteiger partial charge in [-0.15, -0.1) is 0 Å². The van der Waals surface area contributed by atoms with Crippen LogP contribution < -0.4 is 4.90 Å². The van der Waals surface area contributed by atoms with Crippen LogP contribution in [0.15, 0.2) is 60.7 Å². The van der Waals surface area contributed by atoms with Gasteiger partial charge >= 0.3 is 0 Å². The third-order valence-electron chi connectivity index (χ3n) is 5.11. The van der Waals surface area contributed by atoms with Gasteiger partial charge in [-0.3, -0.25) is 0 Å². The van der Waals surface area contributed by atoms with Crippen LogP contribution in [0.25, 0.3) is 28.1 Å². The third kappa shape index (κ3) is 3.42. The number of hydrogen-bond acceptors (Lipinski definition) is 4. The van der Waals surface area contributed by atoms with Crippen LogP contribution in [0.1, 0.15) is 5.56 Å². The van der Waals surface area contributed by atoms with Crippen molar-refractivity contribution in [3.05, 3.63) is 66.2 Å². The van der Waals surface area contributed by atoms with Crippen molar-refractivity contribution >= 4 is 22.7 Å². The summed E-state index contributed by atoms with van der Waals surface area (Å²) in [6.07, 6.45) is 3.45. The zero-order chi connectivity index (χ0) is 18.6. The molecule has 2 aromatic carbocycles. The second-order valence-corrected chi connectivity index (χ2v) is 6.86. The van der Waals surface area contributed by atoms with Gasteiger partial charge in [0.2, 0.25) is 0 Å². The van der Waals surface area contributed by atoms with E-state index in [0.717, 1.165) is 59.6 Å². The standard InChI is InChI=1S/C23H22N4/c1-26-14-16-27(17-15-26)23-21(12-7-13-24)19-10-5-6-11-20(19)22(25-23)18-8-3-2-4-9-18/h2-12H,14-17H2,1H3. The van der Waals surface area contributed by atoms with E-state index >= 15 is 0 Å². The lowest BCUT2D eigenvalue weighted by molar-refractivity contribution is 0.312. The van der Waals surface area contributed by atoms with Crippen molar-refractivity contribution in [3.8, 4) is 17.3 Å². The van der Waals surface area contributed by atoms with Crippen LogP contribution >= 0.6 is 0 Å².